The van der Waals surface area contributed by atoms with E-state index < -0.39 is 22.4 Å². The van der Waals surface area contributed by atoms with Crippen molar-refractivity contribution in [3.8, 4) is 11.3 Å². The molecule has 0 amide bonds. The van der Waals surface area contributed by atoms with E-state index in [1.54, 1.807) is 0 Å². The summed E-state index contributed by atoms with van der Waals surface area (Å²) in [6.45, 7) is 10.2. The number of rotatable bonds is 7. The Bertz CT molecular complexity index is 983. The smallest absolute Gasteiger partial charge is 0.344 e. The van der Waals surface area contributed by atoms with E-state index in [-0.39, 0.29) is 33.9 Å². The standard InChI is InChI=1S/C22H28N2O7/c1-21(2,3)12-22(4,5)23-18-16(20(26)30-7)15(19(25)29-6)17(31-18)13-8-10-14(11-9-13)24(27)28/h8-11,23H,12H2,1-7H3. The number of benzene rings is 1. The van der Waals surface area contributed by atoms with Crippen molar-refractivity contribution in [3.05, 3.63) is 45.5 Å². The Morgan fingerprint density at radius 2 is 1.52 bits per heavy atom. The molecule has 0 aliphatic rings. The highest BCUT2D eigenvalue weighted by Crippen LogP contribution is 2.39. The average Bonchev–Trinajstić information content (AvgIpc) is 3.03. The highest BCUT2D eigenvalue weighted by Gasteiger charge is 2.35. The third-order valence-electron chi connectivity index (χ3n) is 4.45. The first kappa shape index (κ1) is 23.9. The van der Waals surface area contributed by atoms with Gasteiger partial charge in [-0.25, -0.2) is 9.59 Å². The SMILES string of the molecule is COC(=O)c1c(NC(C)(C)CC(C)(C)C)oc(-c2ccc([N+](=O)[O-])cc2)c1C(=O)OC. The van der Waals surface area contributed by atoms with Gasteiger partial charge in [0.25, 0.3) is 5.69 Å². The van der Waals surface area contributed by atoms with E-state index in [1.165, 1.54) is 38.5 Å². The van der Waals surface area contributed by atoms with Crippen LogP contribution in [0.3, 0.4) is 0 Å². The number of nitro benzene ring substituents is 1. The van der Waals surface area contributed by atoms with Crippen molar-refractivity contribution in [1.29, 1.82) is 0 Å². The van der Waals surface area contributed by atoms with E-state index in [4.69, 9.17) is 13.9 Å². The molecule has 0 atom stereocenters. The lowest BCUT2D eigenvalue weighted by Gasteiger charge is -2.33. The fourth-order valence-corrected chi connectivity index (χ4v) is 3.73. The predicted octanol–water partition coefficient (Wildman–Crippen LogP) is 5.05. The molecule has 0 saturated carbocycles. The number of anilines is 1. The van der Waals surface area contributed by atoms with E-state index in [1.807, 2.05) is 13.8 Å². The molecule has 0 radical (unpaired) electrons. The van der Waals surface area contributed by atoms with Crippen LogP contribution in [0.25, 0.3) is 11.3 Å². The lowest BCUT2D eigenvalue weighted by atomic mass is 9.82. The van der Waals surface area contributed by atoms with Crippen molar-refractivity contribution < 1.29 is 28.4 Å². The molecule has 0 aliphatic heterocycles. The molecule has 1 heterocycles. The first-order valence-corrected chi connectivity index (χ1v) is 9.66. The summed E-state index contributed by atoms with van der Waals surface area (Å²) in [7, 11) is 2.39. The average molecular weight is 432 g/mol. The molecule has 0 unspecified atom stereocenters. The van der Waals surface area contributed by atoms with Crippen LogP contribution in [0.5, 0.6) is 0 Å². The van der Waals surface area contributed by atoms with Gasteiger partial charge >= 0.3 is 11.9 Å². The molecule has 2 rings (SSSR count). The molecule has 1 N–H and O–H groups in total. The molecule has 9 nitrogen and oxygen atoms in total. The van der Waals surface area contributed by atoms with Crippen molar-refractivity contribution in [2.24, 2.45) is 5.41 Å². The first-order valence-electron chi connectivity index (χ1n) is 9.66. The summed E-state index contributed by atoms with van der Waals surface area (Å²) in [5.74, 6) is -1.45. The summed E-state index contributed by atoms with van der Waals surface area (Å²) in [4.78, 5) is 35.7. The number of methoxy groups -OCH3 is 2. The number of carbonyl (C=O) groups is 2. The number of carbonyl (C=O) groups excluding carboxylic acids is 2. The van der Waals surface area contributed by atoms with Gasteiger partial charge in [-0.1, -0.05) is 20.8 Å². The van der Waals surface area contributed by atoms with Crippen LogP contribution < -0.4 is 5.32 Å². The van der Waals surface area contributed by atoms with Gasteiger partial charge in [0.2, 0.25) is 5.88 Å². The van der Waals surface area contributed by atoms with Crippen LogP contribution in [0.2, 0.25) is 0 Å². The lowest BCUT2D eigenvalue weighted by molar-refractivity contribution is -0.384. The number of nitrogens with one attached hydrogen (secondary N) is 1. The molecule has 168 valence electrons. The minimum absolute atomic E-state index is 0.0269. The van der Waals surface area contributed by atoms with Gasteiger partial charge in [-0.2, -0.15) is 0 Å². The monoisotopic (exact) mass is 432 g/mol. The number of nitrogens with zero attached hydrogens (tertiary/aromatic N) is 1. The zero-order valence-electron chi connectivity index (χ0n) is 18.8. The van der Waals surface area contributed by atoms with Gasteiger partial charge in [0.05, 0.1) is 19.1 Å². The molecule has 0 aliphatic carbocycles. The quantitative estimate of drug-likeness (QED) is 0.366. The maximum absolute atomic E-state index is 12.6. The Morgan fingerprint density at radius 1 is 1.00 bits per heavy atom. The van der Waals surface area contributed by atoms with E-state index in [2.05, 4.69) is 26.1 Å². The van der Waals surface area contributed by atoms with Crippen LogP contribution >= 0.6 is 0 Å². The van der Waals surface area contributed by atoms with Gasteiger partial charge in [-0.3, -0.25) is 10.1 Å². The molecule has 2 aromatic rings. The van der Waals surface area contributed by atoms with Crippen LogP contribution in [0.15, 0.2) is 28.7 Å². The summed E-state index contributed by atoms with van der Waals surface area (Å²) in [6, 6.07) is 5.45. The number of non-ortho nitro benzene ring substituents is 1. The molecule has 1 aromatic heterocycles. The highest BCUT2D eigenvalue weighted by atomic mass is 16.6. The number of hydrogen-bond donors (Lipinski definition) is 1. The topological polar surface area (TPSA) is 121 Å². The molecule has 1 aromatic carbocycles. The highest BCUT2D eigenvalue weighted by molar-refractivity contribution is 6.10. The van der Waals surface area contributed by atoms with Crippen molar-refractivity contribution in [2.75, 3.05) is 19.5 Å². The second-order valence-corrected chi connectivity index (χ2v) is 9.04. The largest absolute Gasteiger partial charge is 0.465 e. The second-order valence-electron chi connectivity index (χ2n) is 9.04. The molecule has 0 spiro atoms. The molecule has 9 heteroatoms. The van der Waals surface area contributed by atoms with Gasteiger partial charge in [-0.15, -0.1) is 0 Å². The summed E-state index contributed by atoms with van der Waals surface area (Å²) >= 11 is 0. The van der Waals surface area contributed by atoms with E-state index in [9.17, 15) is 19.7 Å². The van der Waals surface area contributed by atoms with Gasteiger partial charge in [-0.05, 0) is 37.8 Å². The zero-order chi connectivity index (χ0) is 23.6. The molecule has 0 fully saturated rings. The van der Waals surface area contributed by atoms with Crippen LogP contribution in [-0.2, 0) is 9.47 Å². The van der Waals surface area contributed by atoms with Crippen molar-refractivity contribution in [3.63, 3.8) is 0 Å². The summed E-state index contributed by atoms with van der Waals surface area (Å²) < 4.78 is 15.7. The normalized spacial score (nSPS) is 11.7. The number of esters is 2. The van der Waals surface area contributed by atoms with Crippen LogP contribution in [-0.4, -0.2) is 36.6 Å². The van der Waals surface area contributed by atoms with Crippen molar-refractivity contribution in [2.45, 2.75) is 46.6 Å². The van der Waals surface area contributed by atoms with Gasteiger partial charge < -0.3 is 19.2 Å². The van der Waals surface area contributed by atoms with Crippen molar-refractivity contribution >= 4 is 23.5 Å². The zero-order valence-corrected chi connectivity index (χ0v) is 18.8. The van der Waals surface area contributed by atoms with E-state index in [0.717, 1.165) is 6.42 Å². The summed E-state index contributed by atoms with van der Waals surface area (Å²) in [6.07, 6.45) is 0.724. The molecular formula is C22H28N2O7. The Hall–Kier alpha value is -3.36. The third kappa shape index (κ3) is 5.62. The number of hydrogen-bond acceptors (Lipinski definition) is 8. The minimum atomic E-state index is -0.792. The number of ether oxygens (including phenoxy) is 2. The maximum Gasteiger partial charge on any atom is 0.344 e. The van der Waals surface area contributed by atoms with Gasteiger partial charge in [0, 0.05) is 23.2 Å². The summed E-state index contributed by atoms with van der Waals surface area (Å²) in [5, 5.41) is 14.2. The Balaban J connectivity index is 2.69. The van der Waals surface area contributed by atoms with Crippen molar-refractivity contribution in [1.82, 2.24) is 0 Å². The Morgan fingerprint density at radius 3 is 1.97 bits per heavy atom. The first-order chi connectivity index (χ1) is 14.3. The summed E-state index contributed by atoms with van der Waals surface area (Å²) in [5.41, 5.74) is -0.479. The molecular weight excluding hydrogens is 404 g/mol. The maximum atomic E-state index is 12.6. The van der Waals surface area contributed by atoms with E-state index >= 15 is 0 Å². The Kier molecular flexibility index (Phi) is 6.78. The predicted molar refractivity (Wildman–Crippen MR) is 115 cm³/mol. The Labute approximate surface area is 180 Å². The number of nitro groups is 1. The van der Waals surface area contributed by atoms with Gasteiger partial charge in [0.1, 0.15) is 11.1 Å². The molecule has 31 heavy (non-hydrogen) atoms. The van der Waals surface area contributed by atoms with E-state index in [0.29, 0.717) is 5.56 Å². The fourth-order valence-electron chi connectivity index (χ4n) is 3.73. The molecule has 0 bridgehead atoms. The van der Waals surface area contributed by atoms with Gasteiger partial charge in [0.15, 0.2) is 5.76 Å². The molecule has 0 saturated heterocycles. The minimum Gasteiger partial charge on any atom is -0.465 e. The fraction of sp³-hybridized carbons (Fsp3) is 0.455. The second kappa shape index (κ2) is 8.79. The van der Waals surface area contributed by atoms with Crippen LogP contribution in [0.1, 0.15) is 61.8 Å². The third-order valence-corrected chi connectivity index (χ3v) is 4.45. The van der Waals surface area contributed by atoms with Crippen LogP contribution in [0.4, 0.5) is 11.6 Å². The number of furan rings is 1. The lowest BCUT2D eigenvalue weighted by Crippen LogP contribution is -2.35. The van der Waals surface area contributed by atoms with Crippen LogP contribution in [0, 0.1) is 15.5 Å².